The summed E-state index contributed by atoms with van der Waals surface area (Å²) in [6.07, 6.45) is 0. The van der Waals surface area contributed by atoms with E-state index in [1.807, 2.05) is 0 Å². The highest BCUT2D eigenvalue weighted by Gasteiger charge is 2.91. The monoisotopic (exact) mass is 1360 g/mol. The number of carbonyl (C=O) groups excluding carboxylic acids is 14. The van der Waals surface area contributed by atoms with Crippen LogP contribution in [0.15, 0.2) is 0 Å². The van der Waals surface area contributed by atoms with E-state index in [9.17, 15) is 0 Å². The Kier molecular flexibility index (Phi) is 7.96. The number of hydrogen-bond donors (Lipinski definition) is 0. The summed E-state index contributed by atoms with van der Waals surface area (Å²) in [5.74, 6) is 0. The molecule has 21 fully saturated rings. The maximum atomic E-state index is 16.4. The third-order valence-electron chi connectivity index (χ3n) is 31.4. The van der Waals surface area contributed by atoms with Crippen molar-refractivity contribution in [1.29, 1.82) is 0 Å². The molecular weight excluding hydrogens is 1290 g/mol. The fraction of sp³-hybridized carbons (Fsp3) is 0.750. The molecule has 0 bridgehead atoms. The molecule has 518 valence electrons. The smallest absolute Gasteiger partial charge is 0.279 e. The number of amides is 28. The van der Waals surface area contributed by atoms with Crippen molar-refractivity contribution in [2.24, 2.45) is 0 Å². The predicted molar refractivity (Wildman–Crippen MR) is 313 cm³/mol. The largest absolute Gasteiger partial charge is 0.326 e. The molecule has 21 aliphatic rings. The summed E-state index contributed by atoms with van der Waals surface area (Å²) in [7, 11) is 0. The number of nitrogens with zero attached hydrogens (tertiary/aromatic N) is 28. The Morgan fingerprint density at radius 1 is 0.122 bits per heavy atom. The molecule has 0 radical (unpaired) electrons. The second kappa shape index (κ2) is 14.0. The number of hydrogen-bond acceptors (Lipinski definition) is 14. The molecule has 0 aromatic rings. The van der Waals surface area contributed by atoms with E-state index < -0.39 is 257 Å². The standard InChI is InChI=1S/C56H70N28O14/c1-43-44(2)59-17-63-33(89)67-21-71-37(93)75-25-79-41(97)83-27-81-39(95)77-23-73-35(91)69-19-65-31(87)61(15-57(43)29(59)85)45(3)46(65,4)66-20-70-36(92)74(50(73,8)49(69,70)7)24-78-40(96)82(54(81,12)53(77,78)11)28-84-42(98)80(55(79,13)56(83,84)14)26-76-38(94)72(51(71,9)52(75,76)10)22-68-34(90)64(47(63,5)48(67,68)6)18-60(44)30(86)58(43)16-62(45)32(66)88/h15-28H2,1-14H3. The van der Waals surface area contributed by atoms with Gasteiger partial charge in [-0.15, -0.1) is 0 Å². The van der Waals surface area contributed by atoms with Crippen LogP contribution in [0.3, 0.4) is 0 Å². The molecule has 42 nitrogen and oxygen atoms in total. The third kappa shape index (κ3) is 4.08. The zero-order valence-electron chi connectivity index (χ0n) is 56.1. The van der Waals surface area contributed by atoms with E-state index in [1.165, 1.54) is 137 Å². The molecule has 0 aromatic heterocycles. The van der Waals surface area contributed by atoms with Gasteiger partial charge in [0.05, 0.1) is 0 Å². The molecule has 0 atom stereocenters. The highest BCUT2D eigenvalue weighted by Crippen LogP contribution is 2.67. The van der Waals surface area contributed by atoms with E-state index in [0.717, 1.165) is 0 Å². The Hall–Kier alpha value is -10.2. The lowest BCUT2D eigenvalue weighted by Gasteiger charge is -2.55. The summed E-state index contributed by atoms with van der Waals surface area (Å²) in [6.45, 7) is 14.0. The molecule has 21 heterocycles. The minimum atomic E-state index is -1.88. The van der Waals surface area contributed by atoms with Gasteiger partial charge in [0.25, 0.3) is 0 Å². The molecule has 0 aliphatic carbocycles. The van der Waals surface area contributed by atoms with E-state index >= 15 is 67.1 Å². The van der Waals surface area contributed by atoms with Gasteiger partial charge in [0.1, 0.15) is 93.4 Å². The van der Waals surface area contributed by atoms with Crippen molar-refractivity contribution in [2.75, 3.05) is 93.4 Å². The molecule has 21 saturated heterocycles. The Balaban J connectivity index is 0.795. The Morgan fingerprint density at radius 3 is 0.204 bits per heavy atom. The maximum absolute atomic E-state index is 16.4. The van der Waals surface area contributed by atoms with Crippen LogP contribution in [0.4, 0.5) is 67.1 Å². The van der Waals surface area contributed by atoms with Crippen LogP contribution < -0.4 is 0 Å². The Labute approximate surface area is 556 Å². The molecule has 21 aliphatic heterocycles. The zero-order chi connectivity index (χ0) is 69.1. The van der Waals surface area contributed by atoms with Crippen LogP contribution in [0, 0.1) is 0 Å². The molecule has 0 N–H and O–H groups in total. The van der Waals surface area contributed by atoms with Gasteiger partial charge in [-0.2, -0.15) is 0 Å². The fourth-order valence-electron chi connectivity index (χ4n) is 24.0. The van der Waals surface area contributed by atoms with Gasteiger partial charge in [-0.05, 0) is 96.9 Å². The van der Waals surface area contributed by atoms with Gasteiger partial charge in [-0.1, -0.05) is 0 Å². The van der Waals surface area contributed by atoms with Crippen molar-refractivity contribution in [3.63, 3.8) is 0 Å². The first kappa shape index (κ1) is 55.9. The molecule has 98 heavy (non-hydrogen) atoms. The van der Waals surface area contributed by atoms with Crippen molar-refractivity contribution in [3.8, 4) is 0 Å². The first-order valence-corrected chi connectivity index (χ1v) is 33.0. The maximum Gasteiger partial charge on any atom is 0.326 e. The molecule has 0 unspecified atom stereocenters. The van der Waals surface area contributed by atoms with Crippen LogP contribution in [0.5, 0.6) is 0 Å². The molecule has 0 spiro atoms. The van der Waals surface area contributed by atoms with Crippen molar-refractivity contribution in [3.05, 3.63) is 0 Å². The Bertz CT molecular complexity index is 3160. The van der Waals surface area contributed by atoms with Crippen LogP contribution >= 0.6 is 0 Å². The summed E-state index contributed by atoms with van der Waals surface area (Å²) >= 11 is 0. The Morgan fingerprint density at radius 2 is 0.163 bits per heavy atom. The van der Waals surface area contributed by atoms with Crippen molar-refractivity contribution in [2.45, 2.75) is 176 Å². The van der Waals surface area contributed by atoms with Gasteiger partial charge in [0, 0.05) is 0 Å². The van der Waals surface area contributed by atoms with Crippen molar-refractivity contribution >= 4 is 84.4 Å². The van der Waals surface area contributed by atoms with Crippen LogP contribution in [0.25, 0.3) is 0 Å². The van der Waals surface area contributed by atoms with Gasteiger partial charge in [0.15, 0.2) is 79.3 Å². The summed E-state index contributed by atoms with van der Waals surface area (Å²) in [4.78, 5) is 267. The zero-order valence-corrected chi connectivity index (χ0v) is 56.1. The lowest BCUT2D eigenvalue weighted by Crippen LogP contribution is -2.75. The van der Waals surface area contributed by atoms with E-state index in [1.54, 1.807) is 96.9 Å². The minimum absolute atomic E-state index is 0.616. The highest BCUT2D eigenvalue weighted by atomic mass is 16.3. The molecule has 21 rings (SSSR count). The molecular formula is C56H70N28O14. The lowest BCUT2D eigenvalue weighted by atomic mass is 9.91. The topological polar surface area (TPSA) is 330 Å². The summed E-state index contributed by atoms with van der Waals surface area (Å²) in [6, 6.07) is -10.7. The van der Waals surface area contributed by atoms with Crippen molar-refractivity contribution in [1.82, 2.24) is 137 Å². The number of rotatable bonds is 0. The van der Waals surface area contributed by atoms with Gasteiger partial charge in [-0.3, -0.25) is 137 Å². The molecule has 0 aromatic carbocycles. The van der Waals surface area contributed by atoms with Crippen LogP contribution in [-0.4, -0.2) is 394 Å². The summed E-state index contributed by atoms with van der Waals surface area (Å²) in [5, 5.41) is 0. The van der Waals surface area contributed by atoms with E-state index in [0.29, 0.717) is 0 Å². The number of urea groups is 14. The quantitative estimate of drug-likeness (QED) is 0.277. The summed E-state index contributed by atoms with van der Waals surface area (Å²) < 4.78 is 0. The molecule has 28 amide bonds. The van der Waals surface area contributed by atoms with E-state index in [4.69, 9.17) is 0 Å². The van der Waals surface area contributed by atoms with Gasteiger partial charge >= 0.3 is 84.4 Å². The van der Waals surface area contributed by atoms with E-state index in [-0.39, 0.29) is 0 Å². The second-order valence-electron chi connectivity index (χ2n) is 32.2. The third-order valence-corrected chi connectivity index (χ3v) is 31.4. The average molecular weight is 1360 g/mol. The van der Waals surface area contributed by atoms with Crippen LogP contribution in [0.1, 0.15) is 96.9 Å². The van der Waals surface area contributed by atoms with Gasteiger partial charge in [0.2, 0.25) is 0 Å². The number of carbonyl (C=O) groups is 14. The first-order valence-electron chi connectivity index (χ1n) is 33.0. The van der Waals surface area contributed by atoms with Crippen LogP contribution in [-0.2, 0) is 0 Å². The van der Waals surface area contributed by atoms with Gasteiger partial charge < -0.3 is 0 Å². The van der Waals surface area contributed by atoms with Crippen LogP contribution in [0.2, 0.25) is 0 Å². The highest BCUT2D eigenvalue weighted by molar-refractivity contribution is 5.99. The molecule has 0 saturated carbocycles. The van der Waals surface area contributed by atoms with Crippen molar-refractivity contribution < 1.29 is 67.1 Å². The lowest BCUT2D eigenvalue weighted by molar-refractivity contribution is -0.157. The minimum Gasteiger partial charge on any atom is -0.279 e. The molecule has 42 heteroatoms. The average Bonchev–Trinajstić information content (AvgIpc) is 1.47. The fourth-order valence-corrected chi connectivity index (χ4v) is 24.0. The SMILES string of the molecule is CC12N3CN4C(=O)N5CN6C(=O)N7CN8C(=O)N9CN%10C(=O)N%11CN%12C(=O)N%13CN%14C(=O)N%15CN(C3=O)C1(C)N1CN3C(=O)N(CN%16C(=O)N(CN%17C(=O)N(CN%18C(=O)N(CN%19C(=O)N(CN%20C(=O)N(CN2C1=O)C4(C)C5%20C)C6(C)C7%19C)C8(C)C9%18C)C%10(C)C%11%17C)C%12(C)C%13%16C)C%14(C)C%153C. The first-order chi connectivity index (χ1) is 45.7. The van der Waals surface area contributed by atoms with E-state index in [2.05, 4.69) is 0 Å². The van der Waals surface area contributed by atoms with Gasteiger partial charge in [-0.25, -0.2) is 67.1 Å². The predicted octanol–water partition coefficient (Wildman–Crippen LogP) is -1.15. The normalized spacial score (nSPS) is 47.0. The summed E-state index contributed by atoms with van der Waals surface area (Å²) in [5.41, 5.74) is -26.3. The second-order valence-corrected chi connectivity index (χ2v) is 32.2.